The monoisotopic (exact) mass is 206 g/mol. The normalized spacial score (nSPS) is 14.9. The number of hydrogen-bond acceptors (Lipinski definition) is 1. The summed E-state index contributed by atoms with van der Waals surface area (Å²) in [6.07, 6.45) is 2.90. The summed E-state index contributed by atoms with van der Waals surface area (Å²) in [5, 5.41) is 9.57. The predicted octanol–water partition coefficient (Wildman–Crippen LogP) is 3.20. The zero-order valence-electron chi connectivity index (χ0n) is 10.0. The molecule has 2 atom stereocenters. The Labute approximate surface area is 93.1 Å². The van der Waals surface area contributed by atoms with Gasteiger partial charge in [0, 0.05) is 0 Å². The molecule has 0 spiro atoms. The highest BCUT2D eigenvalue weighted by Gasteiger charge is 2.12. The van der Waals surface area contributed by atoms with Crippen LogP contribution in [0.5, 0.6) is 0 Å². The van der Waals surface area contributed by atoms with Crippen LogP contribution in [0.2, 0.25) is 0 Å². The Bertz CT molecular complexity index is 274. The molecule has 15 heavy (non-hydrogen) atoms. The number of rotatable bonds is 5. The molecule has 1 nitrogen and oxygen atoms in total. The molecule has 0 aliphatic heterocycles. The van der Waals surface area contributed by atoms with Gasteiger partial charge in [-0.3, -0.25) is 0 Å². The Hall–Kier alpha value is -0.820. The van der Waals surface area contributed by atoms with Gasteiger partial charge in [0.1, 0.15) is 0 Å². The lowest BCUT2D eigenvalue weighted by Gasteiger charge is -2.17. The molecule has 0 bridgehead atoms. The third kappa shape index (κ3) is 3.67. The molecule has 0 aromatic heterocycles. The minimum atomic E-state index is -0.208. The van der Waals surface area contributed by atoms with Crippen molar-refractivity contribution in [2.75, 3.05) is 0 Å². The molecule has 2 unspecified atom stereocenters. The van der Waals surface area contributed by atoms with Gasteiger partial charge in [-0.25, -0.2) is 0 Å². The van der Waals surface area contributed by atoms with Crippen molar-refractivity contribution < 1.29 is 5.11 Å². The van der Waals surface area contributed by atoms with E-state index in [9.17, 15) is 5.11 Å². The fourth-order valence-electron chi connectivity index (χ4n) is 1.87. The summed E-state index contributed by atoms with van der Waals surface area (Å²) in [6, 6.07) is 8.74. The van der Waals surface area contributed by atoms with Crippen molar-refractivity contribution in [1.82, 2.24) is 0 Å². The Morgan fingerprint density at radius 3 is 2.00 bits per heavy atom. The molecule has 0 saturated carbocycles. The summed E-state index contributed by atoms with van der Waals surface area (Å²) in [4.78, 5) is 0. The van der Waals surface area contributed by atoms with E-state index < -0.39 is 0 Å². The first-order valence-electron chi connectivity index (χ1n) is 5.93. The van der Waals surface area contributed by atoms with Crippen LogP contribution < -0.4 is 0 Å². The van der Waals surface area contributed by atoms with Crippen molar-refractivity contribution in [3.63, 3.8) is 0 Å². The van der Waals surface area contributed by atoms with Crippen molar-refractivity contribution in [3.05, 3.63) is 35.4 Å². The molecular formula is C14H22O. The molecule has 0 amide bonds. The Morgan fingerprint density at radius 1 is 1.07 bits per heavy atom. The minimum Gasteiger partial charge on any atom is -0.393 e. The van der Waals surface area contributed by atoms with Crippen LogP contribution in [0.1, 0.15) is 38.3 Å². The molecule has 1 N–H and O–H groups in total. The van der Waals surface area contributed by atoms with E-state index in [4.69, 9.17) is 0 Å². The highest BCUT2D eigenvalue weighted by atomic mass is 16.3. The Kier molecular flexibility index (Phi) is 4.83. The van der Waals surface area contributed by atoms with Gasteiger partial charge in [0.25, 0.3) is 0 Å². The SMILES string of the molecule is CCc1ccc(CC(CC)C(C)O)cc1. The first kappa shape index (κ1) is 12.3. The van der Waals surface area contributed by atoms with E-state index in [2.05, 4.69) is 38.1 Å². The Balaban J connectivity index is 2.63. The molecule has 1 rings (SSSR count). The molecule has 0 aliphatic rings. The average Bonchev–Trinajstić information content (AvgIpc) is 2.26. The molecule has 0 fully saturated rings. The first-order valence-corrected chi connectivity index (χ1v) is 5.93. The molecule has 0 heterocycles. The molecule has 0 aliphatic carbocycles. The van der Waals surface area contributed by atoms with Crippen LogP contribution in [0.25, 0.3) is 0 Å². The zero-order chi connectivity index (χ0) is 11.3. The number of aliphatic hydroxyl groups is 1. The van der Waals surface area contributed by atoms with Gasteiger partial charge in [0.05, 0.1) is 6.10 Å². The largest absolute Gasteiger partial charge is 0.393 e. The molecule has 1 aromatic carbocycles. The summed E-state index contributed by atoms with van der Waals surface area (Å²) in [5.41, 5.74) is 2.71. The molecule has 1 heteroatoms. The van der Waals surface area contributed by atoms with Gasteiger partial charge >= 0.3 is 0 Å². The predicted molar refractivity (Wildman–Crippen MR) is 65.0 cm³/mol. The summed E-state index contributed by atoms with van der Waals surface area (Å²) in [5.74, 6) is 0.387. The maximum absolute atomic E-state index is 9.57. The van der Waals surface area contributed by atoms with Crippen molar-refractivity contribution in [2.45, 2.75) is 46.1 Å². The van der Waals surface area contributed by atoms with E-state index in [-0.39, 0.29) is 6.10 Å². The summed E-state index contributed by atoms with van der Waals surface area (Å²) >= 11 is 0. The van der Waals surface area contributed by atoms with E-state index >= 15 is 0 Å². The number of aliphatic hydroxyl groups excluding tert-OH is 1. The maximum atomic E-state index is 9.57. The molecule has 1 aromatic rings. The van der Waals surface area contributed by atoms with Crippen LogP contribution in [-0.4, -0.2) is 11.2 Å². The fraction of sp³-hybridized carbons (Fsp3) is 0.571. The van der Waals surface area contributed by atoms with Crippen LogP contribution in [0.4, 0.5) is 0 Å². The van der Waals surface area contributed by atoms with Crippen molar-refractivity contribution in [3.8, 4) is 0 Å². The van der Waals surface area contributed by atoms with Gasteiger partial charge < -0.3 is 5.11 Å². The number of benzene rings is 1. The summed E-state index contributed by atoms with van der Waals surface area (Å²) in [7, 11) is 0. The van der Waals surface area contributed by atoms with Gasteiger partial charge in [-0.15, -0.1) is 0 Å². The van der Waals surface area contributed by atoms with Crippen LogP contribution in [0.3, 0.4) is 0 Å². The molecule has 0 saturated heterocycles. The standard InChI is InChI=1S/C14H22O/c1-4-12-6-8-13(9-7-12)10-14(5-2)11(3)15/h6-9,11,14-15H,4-5,10H2,1-3H3. The highest BCUT2D eigenvalue weighted by molar-refractivity contribution is 5.22. The zero-order valence-corrected chi connectivity index (χ0v) is 10.0. The quantitative estimate of drug-likeness (QED) is 0.784. The van der Waals surface area contributed by atoms with Crippen molar-refractivity contribution >= 4 is 0 Å². The third-order valence-corrected chi connectivity index (χ3v) is 3.14. The van der Waals surface area contributed by atoms with Crippen LogP contribution in [-0.2, 0) is 12.8 Å². The number of aryl methyl sites for hydroxylation is 1. The second kappa shape index (κ2) is 5.92. The number of hydrogen-bond donors (Lipinski definition) is 1. The van der Waals surface area contributed by atoms with Gasteiger partial charge in [-0.2, -0.15) is 0 Å². The first-order chi connectivity index (χ1) is 7.17. The van der Waals surface area contributed by atoms with E-state index in [0.29, 0.717) is 5.92 Å². The second-order valence-electron chi connectivity index (χ2n) is 4.28. The maximum Gasteiger partial charge on any atom is 0.0543 e. The Morgan fingerprint density at radius 2 is 1.60 bits per heavy atom. The van der Waals surface area contributed by atoms with E-state index in [0.717, 1.165) is 19.3 Å². The van der Waals surface area contributed by atoms with Gasteiger partial charge in [-0.1, -0.05) is 44.5 Å². The highest BCUT2D eigenvalue weighted by Crippen LogP contribution is 2.16. The van der Waals surface area contributed by atoms with Gasteiger partial charge in [-0.05, 0) is 36.8 Å². The van der Waals surface area contributed by atoms with Crippen molar-refractivity contribution in [2.24, 2.45) is 5.92 Å². The molecular weight excluding hydrogens is 184 g/mol. The van der Waals surface area contributed by atoms with E-state index in [1.165, 1.54) is 11.1 Å². The van der Waals surface area contributed by atoms with Gasteiger partial charge in [0.15, 0.2) is 0 Å². The lowest BCUT2D eigenvalue weighted by atomic mass is 9.92. The van der Waals surface area contributed by atoms with Crippen LogP contribution in [0, 0.1) is 5.92 Å². The fourth-order valence-corrected chi connectivity index (χ4v) is 1.87. The summed E-state index contributed by atoms with van der Waals surface area (Å²) < 4.78 is 0. The van der Waals surface area contributed by atoms with Crippen molar-refractivity contribution in [1.29, 1.82) is 0 Å². The lowest BCUT2D eigenvalue weighted by molar-refractivity contribution is 0.123. The third-order valence-electron chi connectivity index (χ3n) is 3.14. The average molecular weight is 206 g/mol. The topological polar surface area (TPSA) is 20.2 Å². The van der Waals surface area contributed by atoms with Crippen LogP contribution in [0.15, 0.2) is 24.3 Å². The molecule has 0 radical (unpaired) electrons. The van der Waals surface area contributed by atoms with Gasteiger partial charge in [0.2, 0.25) is 0 Å². The van der Waals surface area contributed by atoms with E-state index in [1.807, 2.05) is 6.92 Å². The minimum absolute atomic E-state index is 0.208. The van der Waals surface area contributed by atoms with Crippen LogP contribution >= 0.6 is 0 Å². The molecule has 84 valence electrons. The van der Waals surface area contributed by atoms with E-state index in [1.54, 1.807) is 0 Å². The lowest BCUT2D eigenvalue weighted by Crippen LogP contribution is -2.18. The second-order valence-corrected chi connectivity index (χ2v) is 4.28. The summed E-state index contributed by atoms with van der Waals surface area (Å²) in [6.45, 7) is 6.19. The smallest absolute Gasteiger partial charge is 0.0543 e.